The van der Waals surface area contributed by atoms with Crippen LogP contribution in [0.25, 0.3) is 5.69 Å². The fourth-order valence-electron chi connectivity index (χ4n) is 4.46. The van der Waals surface area contributed by atoms with Crippen molar-refractivity contribution in [3.05, 3.63) is 80.9 Å². The van der Waals surface area contributed by atoms with Gasteiger partial charge in [-0.05, 0) is 68.1 Å². The SMILES string of the molecule is CCOC(=O)c1c(NC(=O)CSc2nnc(CNC(=O)COc3ccccc3)n2-c2ccc(Br)cc2)sc2c1CCC2. The number of aryl methyl sites for hydroxylation is 1. The summed E-state index contributed by atoms with van der Waals surface area (Å²) in [6.07, 6.45) is 2.69. The number of rotatable bonds is 12. The molecule has 0 radical (unpaired) electrons. The van der Waals surface area contributed by atoms with E-state index in [9.17, 15) is 14.4 Å². The molecule has 10 nitrogen and oxygen atoms in total. The lowest BCUT2D eigenvalue weighted by Crippen LogP contribution is -2.29. The van der Waals surface area contributed by atoms with Crippen LogP contribution in [0.3, 0.4) is 0 Å². The Hall–Kier alpha value is -3.68. The number of fused-ring (bicyclic) bond motifs is 1. The van der Waals surface area contributed by atoms with Crippen molar-refractivity contribution in [1.29, 1.82) is 0 Å². The first kappa shape index (κ1) is 29.8. The lowest BCUT2D eigenvalue weighted by Gasteiger charge is -2.12. The smallest absolute Gasteiger partial charge is 0.341 e. The molecule has 2 amide bonds. The van der Waals surface area contributed by atoms with Crippen molar-refractivity contribution in [3.8, 4) is 11.4 Å². The summed E-state index contributed by atoms with van der Waals surface area (Å²) >= 11 is 6.10. The van der Waals surface area contributed by atoms with Crippen LogP contribution in [0.2, 0.25) is 0 Å². The summed E-state index contributed by atoms with van der Waals surface area (Å²) in [7, 11) is 0. The van der Waals surface area contributed by atoms with Crippen molar-refractivity contribution in [2.75, 3.05) is 24.3 Å². The molecule has 2 aromatic carbocycles. The molecule has 42 heavy (non-hydrogen) atoms. The summed E-state index contributed by atoms with van der Waals surface area (Å²) in [5, 5.41) is 15.3. The quantitative estimate of drug-likeness (QED) is 0.156. The van der Waals surface area contributed by atoms with Crippen molar-refractivity contribution in [2.45, 2.75) is 37.9 Å². The number of para-hydroxylation sites is 1. The fraction of sp³-hybridized carbons (Fsp3) is 0.276. The van der Waals surface area contributed by atoms with E-state index >= 15 is 0 Å². The summed E-state index contributed by atoms with van der Waals surface area (Å²) < 4.78 is 13.5. The minimum absolute atomic E-state index is 0.0385. The predicted octanol–water partition coefficient (Wildman–Crippen LogP) is 5.18. The van der Waals surface area contributed by atoms with Crippen LogP contribution < -0.4 is 15.4 Å². The van der Waals surface area contributed by atoms with Gasteiger partial charge in [-0.2, -0.15) is 0 Å². The van der Waals surface area contributed by atoms with Crippen molar-refractivity contribution < 1.29 is 23.9 Å². The minimum Gasteiger partial charge on any atom is -0.484 e. The number of halogens is 1. The predicted molar refractivity (Wildman–Crippen MR) is 164 cm³/mol. The number of benzene rings is 2. The molecule has 0 spiro atoms. The lowest BCUT2D eigenvalue weighted by molar-refractivity contribution is -0.123. The van der Waals surface area contributed by atoms with Gasteiger partial charge in [0.1, 0.15) is 10.8 Å². The van der Waals surface area contributed by atoms with Crippen LogP contribution in [0, 0.1) is 0 Å². The molecule has 0 fully saturated rings. The largest absolute Gasteiger partial charge is 0.484 e. The summed E-state index contributed by atoms with van der Waals surface area (Å²) in [6, 6.07) is 16.6. The monoisotopic (exact) mass is 669 g/mol. The van der Waals surface area contributed by atoms with Gasteiger partial charge in [0.2, 0.25) is 5.91 Å². The van der Waals surface area contributed by atoms with Gasteiger partial charge in [-0.25, -0.2) is 4.79 Å². The average Bonchev–Trinajstić information content (AvgIpc) is 3.70. The number of hydrogen-bond acceptors (Lipinski definition) is 9. The van der Waals surface area contributed by atoms with Crippen LogP contribution >= 0.6 is 39.0 Å². The van der Waals surface area contributed by atoms with Crippen molar-refractivity contribution in [1.82, 2.24) is 20.1 Å². The highest BCUT2D eigenvalue weighted by Crippen LogP contribution is 2.39. The van der Waals surface area contributed by atoms with Crippen molar-refractivity contribution in [3.63, 3.8) is 0 Å². The van der Waals surface area contributed by atoms with Gasteiger partial charge in [-0.1, -0.05) is 45.9 Å². The zero-order valence-electron chi connectivity index (χ0n) is 22.7. The van der Waals surface area contributed by atoms with Crippen LogP contribution in [-0.4, -0.2) is 51.5 Å². The van der Waals surface area contributed by atoms with Gasteiger partial charge < -0.3 is 20.1 Å². The Morgan fingerprint density at radius 1 is 1.05 bits per heavy atom. The van der Waals surface area contributed by atoms with E-state index in [1.165, 1.54) is 23.1 Å². The van der Waals surface area contributed by atoms with Crippen molar-refractivity contribution in [2.24, 2.45) is 0 Å². The lowest BCUT2D eigenvalue weighted by atomic mass is 10.1. The number of hydrogen-bond donors (Lipinski definition) is 2. The molecule has 0 atom stereocenters. The van der Waals surface area contributed by atoms with E-state index in [4.69, 9.17) is 9.47 Å². The van der Waals surface area contributed by atoms with Gasteiger partial charge >= 0.3 is 5.97 Å². The Labute approximate surface area is 259 Å². The molecule has 218 valence electrons. The number of nitrogens with zero attached hydrogens (tertiary/aromatic N) is 3. The number of carbonyl (C=O) groups excluding carboxylic acids is 3. The molecule has 0 aliphatic heterocycles. The van der Waals surface area contributed by atoms with E-state index in [2.05, 4.69) is 36.8 Å². The second-order valence-electron chi connectivity index (χ2n) is 9.21. The second-order valence-corrected chi connectivity index (χ2v) is 12.2. The first-order chi connectivity index (χ1) is 20.4. The van der Waals surface area contributed by atoms with Crippen LogP contribution in [0.5, 0.6) is 5.75 Å². The average molecular weight is 671 g/mol. The van der Waals surface area contributed by atoms with E-state index in [1.807, 2.05) is 42.5 Å². The molecule has 0 saturated heterocycles. The fourth-order valence-corrected chi connectivity index (χ4v) is 6.79. The maximum atomic E-state index is 13.0. The zero-order valence-corrected chi connectivity index (χ0v) is 25.9. The Balaban J connectivity index is 1.27. The molecular weight excluding hydrogens is 642 g/mol. The molecule has 1 aliphatic rings. The van der Waals surface area contributed by atoms with Crippen LogP contribution in [0.15, 0.2) is 64.2 Å². The standard InChI is InChI=1S/C29H28BrN5O5S2/c1-2-39-28(38)26-21-9-6-10-22(21)42-27(26)32-25(37)17-41-29-34-33-23(35(29)19-13-11-18(30)12-14-19)15-31-24(36)16-40-20-7-4-3-5-8-20/h3-5,7-8,11-14H,2,6,9-10,15-17H2,1H3,(H,31,36)(H,32,37). The highest BCUT2D eigenvalue weighted by Gasteiger charge is 2.28. The Kier molecular flexibility index (Phi) is 9.93. The van der Waals surface area contributed by atoms with E-state index in [1.54, 1.807) is 23.6 Å². The highest BCUT2D eigenvalue weighted by molar-refractivity contribution is 9.10. The number of esters is 1. The normalized spacial score (nSPS) is 12.0. The topological polar surface area (TPSA) is 124 Å². The number of nitrogens with one attached hydrogen (secondary N) is 2. The maximum absolute atomic E-state index is 13.0. The third-order valence-corrected chi connectivity index (χ3v) is 8.99. The first-order valence-corrected chi connectivity index (χ1v) is 15.9. The minimum atomic E-state index is -0.407. The summed E-state index contributed by atoms with van der Waals surface area (Å²) in [4.78, 5) is 39.3. The molecule has 0 bridgehead atoms. The molecule has 2 aromatic heterocycles. The number of carbonyl (C=O) groups is 3. The molecule has 5 rings (SSSR count). The molecule has 1 aliphatic carbocycles. The molecule has 2 N–H and O–H groups in total. The van der Waals surface area contributed by atoms with Crippen LogP contribution in [0.4, 0.5) is 5.00 Å². The Bertz CT molecular complexity index is 1570. The number of amides is 2. The van der Waals surface area contributed by atoms with E-state index in [0.29, 0.717) is 27.3 Å². The summed E-state index contributed by atoms with van der Waals surface area (Å²) in [6.45, 7) is 2.00. The van der Waals surface area contributed by atoms with Gasteiger partial charge in [0.05, 0.1) is 24.5 Å². The van der Waals surface area contributed by atoms with E-state index in [0.717, 1.165) is 39.9 Å². The summed E-state index contributed by atoms with van der Waals surface area (Å²) in [5.41, 5.74) is 2.23. The Morgan fingerprint density at radius 2 is 1.83 bits per heavy atom. The van der Waals surface area contributed by atoms with E-state index < -0.39 is 5.97 Å². The number of aromatic nitrogens is 3. The zero-order chi connectivity index (χ0) is 29.5. The Morgan fingerprint density at radius 3 is 2.60 bits per heavy atom. The second kappa shape index (κ2) is 14.0. The first-order valence-electron chi connectivity index (χ1n) is 13.3. The van der Waals surface area contributed by atoms with Gasteiger partial charge in [0.15, 0.2) is 17.6 Å². The van der Waals surface area contributed by atoms with Gasteiger partial charge in [-0.3, -0.25) is 14.2 Å². The third kappa shape index (κ3) is 7.20. The van der Waals surface area contributed by atoms with E-state index in [-0.39, 0.29) is 37.3 Å². The number of anilines is 1. The molecular formula is C29H28BrN5O5S2. The molecule has 0 saturated carbocycles. The maximum Gasteiger partial charge on any atom is 0.341 e. The molecule has 4 aromatic rings. The molecule has 0 unspecified atom stereocenters. The third-order valence-electron chi connectivity index (χ3n) is 6.33. The molecule has 13 heteroatoms. The number of ether oxygens (including phenoxy) is 2. The summed E-state index contributed by atoms with van der Waals surface area (Å²) in [5.74, 6) is 0.144. The molecule has 2 heterocycles. The van der Waals surface area contributed by atoms with Gasteiger partial charge in [-0.15, -0.1) is 21.5 Å². The van der Waals surface area contributed by atoms with Crippen LogP contribution in [0.1, 0.15) is 40.0 Å². The highest BCUT2D eigenvalue weighted by atomic mass is 79.9. The van der Waals surface area contributed by atoms with Gasteiger partial charge in [0, 0.05) is 15.0 Å². The van der Waals surface area contributed by atoms with Gasteiger partial charge in [0.25, 0.3) is 5.91 Å². The number of thioether (sulfide) groups is 1. The van der Waals surface area contributed by atoms with Crippen LogP contribution in [-0.2, 0) is 33.7 Å². The number of thiophene rings is 1. The van der Waals surface area contributed by atoms with Crippen molar-refractivity contribution >= 4 is 61.8 Å².